The Labute approximate surface area is 131 Å². The van der Waals surface area contributed by atoms with E-state index in [0.717, 1.165) is 27.5 Å². The summed E-state index contributed by atoms with van der Waals surface area (Å²) >= 11 is 3.15. The van der Waals surface area contributed by atoms with Crippen LogP contribution in [0.3, 0.4) is 0 Å². The van der Waals surface area contributed by atoms with E-state index >= 15 is 0 Å². The van der Waals surface area contributed by atoms with Crippen LogP contribution in [0.2, 0.25) is 0 Å². The van der Waals surface area contributed by atoms with Gasteiger partial charge in [0.05, 0.1) is 0 Å². The van der Waals surface area contributed by atoms with E-state index in [0.29, 0.717) is 11.1 Å². The van der Waals surface area contributed by atoms with Gasteiger partial charge in [0, 0.05) is 28.7 Å². The standard InChI is InChI=1S/C14H15N5S2/c1-4-15-13-18-11-10(7-9(3)20-11)12(19-13)21-14-16-6-5-8(2)17-14/h5-7H,4H2,1-3H3,(H,15,18,19). The number of rotatable bonds is 4. The first-order valence-corrected chi connectivity index (χ1v) is 8.28. The maximum absolute atomic E-state index is 4.60. The molecule has 0 aliphatic rings. The van der Waals surface area contributed by atoms with Gasteiger partial charge in [-0.25, -0.2) is 19.9 Å². The van der Waals surface area contributed by atoms with Gasteiger partial charge in [-0.15, -0.1) is 11.3 Å². The predicted molar refractivity (Wildman–Crippen MR) is 87.2 cm³/mol. The zero-order chi connectivity index (χ0) is 14.8. The third kappa shape index (κ3) is 3.14. The molecular weight excluding hydrogens is 302 g/mol. The van der Waals surface area contributed by atoms with Crippen molar-refractivity contribution in [3.8, 4) is 0 Å². The number of anilines is 1. The van der Waals surface area contributed by atoms with Crippen molar-refractivity contribution in [2.75, 3.05) is 11.9 Å². The summed E-state index contributed by atoms with van der Waals surface area (Å²) in [6.07, 6.45) is 1.77. The van der Waals surface area contributed by atoms with Gasteiger partial charge in [0.1, 0.15) is 9.86 Å². The molecule has 0 aromatic carbocycles. The van der Waals surface area contributed by atoms with Gasteiger partial charge in [-0.1, -0.05) is 0 Å². The number of thiophene rings is 1. The number of hydrogen-bond acceptors (Lipinski definition) is 7. The van der Waals surface area contributed by atoms with E-state index in [2.05, 4.69) is 38.2 Å². The number of nitrogens with one attached hydrogen (secondary N) is 1. The van der Waals surface area contributed by atoms with Gasteiger partial charge in [0.2, 0.25) is 5.95 Å². The highest BCUT2D eigenvalue weighted by molar-refractivity contribution is 7.99. The second-order valence-corrected chi connectivity index (χ2v) is 6.73. The monoisotopic (exact) mass is 317 g/mol. The Morgan fingerprint density at radius 2 is 2.10 bits per heavy atom. The number of hydrogen-bond donors (Lipinski definition) is 1. The highest BCUT2D eigenvalue weighted by Crippen LogP contribution is 2.34. The fourth-order valence-corrected chi connectivity index (χ4v) is 3.71. The summed E-state index contributed by atoms with van der Waals surface area (Å²) in [6, 6.07) is 4.01. The van der Waals surface area contributed by atoms with Crippen LogP contribution < -0.4 is 5.32 Å². The topological polar surface area (TPSA) is 63.6 Å². The van der Waals surface area contributed by atoms with E-state index in [-0.39, 0.29) is 0 Å². The maximum atomic E-state index is 4.60. The summed E-state index contributed by atoms with van der Waals surface area (Å²) in [5.74, 6) is 0.655. The Bertz CT molecular complexity index is 784. The lowest BCUT2D eigenvalue weighted by Crippen LogP contribution is -2.02. The van der Waals surface area contributed by atoms with Crippen LogP contribution in [0.5, 0.6) is 0 Å². The van der Waals surface area contributed by atoms with Crippen molar-refractivity contribution in [1.82, 2.24) is 19.9 Å². The molecule has 0 fully saturated rings. The van der Waals surface area contributed by atoms with Gasteiger partial charge in [-0.3, -0.25) is 0 Å². The molecule has 1 N–H and O–H groups in total. The van der Waals surface area contributed by atoms with Crippen LogP contribution in [0.1, 0.15) is 17.5 Å². The highest BCUT2D eigenvalue weighted by Gasteiger charge is 2.13. The van der Waals surface area contributed by atoms with Crippen LogP contribution in [0, 0.1) is 13.8 Å². The summed E-state index contributed by atoms with van der Waals surface area (Å²) in [5, 5.41) is 5.84. The van der Waals surface area contributed by atoms with Crippen molar-refractivity contribution < 1.29 is 0 Å². The molecule has 0 radical (unpaired) electrons. The molecule has 0 saturated heterocycles. The van der Waals surface area contributed by atoms with Gasteiger partial charge in [0.15, 0.2) is 5.16 Å². The third-order valence-electron chi connectivity index (χ3n) is 2.78. The first-order chi connectivity index (χ1) is 10.2. The number of fused-ring (bicyclic) bond motifs is 1. The lowest BCUT2D eigenvalue weighted by atomic mass is 10.4. The first kappa shape index (κ1) is 14.2. The second kappa shape index (κ2) is 5.95. The number of aromatic nitrogens is 4. The van der Waals surface area contributed by atoms with Crippen LogP contribution >= 0.6 is 23.1 Å². The van der Waals surface area contributed by atoms with Crippen molar-refractivity contribution in [3.63, 3.8) is 0 Å². The minimum absolute atomic E-state index is 0.655. The summed E-state index contributed by atoms with van der Waals surface area (Å²) in [4.78, 5) is 20.1. The lowest BCUT2D eigenvalue weighted by molar-refractivity contribution is 0.928. The van der Waals surface area contributed by atoms with Crippen molar-refractivity contribution in [2.45, 2.75) is 31.0 Å². The minimum atomic E-state index is 0.655. The maximum Gasteiger partial charge on any atom is 0.225 e. The number of aryl methyl sites for hydroxylation is 2. The molecule has 0 bridgehead atoms. The molecule has 0 spiro atoms. The SMILES string of the molecule is CCNc1nc(Sc2nccc(C)n2)c2cc(C)sc2n1. The van der Waals surface area contributed by atoms with Crippen LogP contribution in [-0.4, -0.2) is 26.5 Å². The molecule has 0 atom stereocenters. The number of nitrogens with zero attached hydrogens (tertiary/aromatic N) is 4. The van der Waals surface area contributed by atoms with E-state index in [9.17, 15) is 0 Å². The van der Waals surface area contributed by atoms with Crippen molar-refractivity contribution in [1.29, 1.82) is 0 Å². The molecule has 0 aliphatic carbocycles. The van der Waals surface area contributed by atoms with Crippen LogP contribution in [0.25, 0.3) is 10.2 Å². The summed E-state index contributed by atoms with van der Waals surface area (Å²) in [5.41, 5.74) is 0.950. The van der Waals surface area contributed by atoms with Gasteiger partial charge in [-0.05, 0) is 44.7 Å². The van der Waals surface area contributed by atoms with Crippen LogP contribution in [0.4, 0.5) is 5.95 Å². The second-order valence-electron chi connectivity index (χ2n) is 4.54. The van der Waals surface area contributed by atoms with Gasteiger partial charge < -0.3 is 5.32 Å². The largest absolute Gasteiger partial charge is 0.354 e. The Morgan fingerprint density at radius 3 is 2.86 bits per heavy atom. The van der Waals surface area contributed by atoms with Crippen LogP contribution in [0.15, 0.2) is 28.5 Å². The molecule has 7 heteroatoms. The average Bonchev–Trinajstić information content (AvgIpc) is 2.80. The minimum Gasteiger partial charge on any atom is -0.354 e. The smallest absolute Gasteiger partial charge is 0.225 e. The fraction of sp³-hybridized carbons (Fsp3) is 0.286. The molecule has 3 aromatic rings. The quantitative estimate of drug-likeness (QED) is 0.585. The zero-order valence-electron chi connectivity index (χ0n) is 12.0. The Kier molecular flexibility index (Phi) is 4.03. The summed E-state index contributed by atoms with van der Waals surface area (Å²) in [6.45, 7) is 6.86. The van der Waals surface area contributed by atoms with E-state index in [4.69, 9.17) is 0 Å². The lowest BCUT2D eigenvalue weighted by Gasteiger charge is -2.05. The zero-order valence-corrected chi connectivity index (χ0v) is 13.7. The molecule has 21 heavy (non-hydrogen) atoms. The van der Waals surface area contributed by atoms with Gasteiger partial charge in [-0.2, -0.15) is 0 Å². The van der Waals surface area contributed by atoms with Gasteiger partial charge >= 0.3 is 0 Å². The first-order valence-electron chi connectivity index (χ1n) is 6.65. The van der Waals surface area contributed by atoms with Gasteiger partial charge in [0.25, 0.3) is 0 Å². The van der Waals surface area contributed by atoms with Crippen molar-refractivity contribution in [2.24, 2.45) is 0 Å². The Balaban J connectivity index is 2.06. The molecule has 0 aliphatic heterocycles. The fourth-order valence-electron chi connectivity index (χ4n) is 1.89. The predicted octanol–water partition coefficient (Wildman–Crippen LogP) is 3.68. The molecular formula is C14H15N5S2. The molecule has 108 valence electrons. The molecule has 3 rings (SSSR count). The Morgan fingerprint density at radius 1 is 1.24 bits per heavy atom. The molecule has 3 heterocycles. The Hall–Kier alpha value is -1.73. The van der Waals surface area contributed by atoms with Crippen LogP contribution in [-0.2, 0) is 0 Å². The van der Waals surface area contributed by atoms with Crippen molar-refractivity contribution >= 4 is 39.3 Å². The molecule has 3 aromatic heterocycles. The average molecular weight is 317 g/mol. The molecule has 5 nitrogen and oxygen atoms in total. The molecule has 0 amide bonds. The highest BCUT2D eigenvalue weighted by atomic mass is 32.2. The normalized spacial score (nSPS) is 11.0. The van der Waals surface area contributed by atoms with E-state index in [1.807, 2.05) is 19.9 Å². The summed E-state index contributed by atoms with van der Waals surface area (Å²) < 4.78 is 0. The van der Waals surface area contributed by atoms with E-state index in [1.165, 1.54) is 16.6 Å². The third-order valence-corrected chi connectivity index (χ3v) is 4.60. The molecule has 0 saturated carbocycles. The van der Waals surface area contributed by atoms with E-state index in [1.54, 1.807) is 17.5 Å². The van der Waals surface area contributed by atoms with E-state index < -0.39 is 0 Å². The van der Waals surface area contributed by atoms with Crippen molar-refractivity contribution in [3.05, 3.63) is 28.9 Å². The summed E-state index contributed by atoms with van der Waals surface area (Å²) in [7, 11) is 0. The molecule has 0 unspecified atom stereocenters.